The zero-order valence-electron chi connectivity index (χ0n) is 20.8. The van der Waals surface area contributed by atoms with E-state index in [1.807, 2.05) is 35.2 Å². The van der Waals surface area contributed by atoms with E-state index in [4.69, 9.17) is 26.2 Å². The molecular weight excluding hydrogens is 542 g/mol. The minimum absolute atomic E-state index is 0. The smallest absolute Gasteiger partial charge is 0.417 e. The van der Waals surface area contributed by atoms with Crippen molar-refractivity contribution < 1.29 is 32.5 Å². The molecule has 0 radical (unpaired) electrons. The van der Waals surface area contributed by atoms with Gasteiger partial charge in [-0.3, -0.25) is 4.90 Å². The molecule has 0 spiro atoms. The molecule has 2 aromatic carbocycles. The maximum Gasteiger partial charge on any atom is 0.417 e. The van der Waals surface area contributed by atoms with Crippen LogP contribution in [-0.4, -0.2) is 42.8 Å². The standard InChI is InChI=1S/C28H29ClF3NO4.ClH/c1-36-25(21-9-3-2-4-10-21)19-33(18-22-11-6-13-24(27(22)29)28(30,31)32)14-7-15-37-23-12-5-8-20(16-23)17-26(34)35;/h2-6,8-13,17,25H,7,14-16,18-19H2,1H3,(H,34,35);1H/t25-;/m0./s1. The molecule has 1 aliphatic rings. The molecule has 0 unspecified atom stereocenters. The summed E-state index contributed by atoms with van der Waals surface area (Å²) in [5.74, 6) is -0.363. The lowest BCUT2D eigenvalue weighted by atomic mass is 10.1. The lowest BCUT2D eigenvalue weighted by Gasteiger charge is -2.28. The van der Waals surface area contributed by atoms with Crippen LogP contribution in [0.3, 0.4) is 0 Å². The summed E-state index contributed by atoms with van der Waals surface area (Å²) in [5.41, 5.74) is 1.11. The van der Waals surface area contributed by atoms with Crippen molar-refractivity contribution in [1.29, 1.82) is 0 Å². The summed E-state index contributed by atoms with van der Waals surface area (Å²) in [4.78, 5) is 12.9. The predicted molar refractivity (Wildman–Crippen MR) is 143 cm³/mol. The fraction of sp³-hybridized carbons (Fsp3) is 0.321. The number of nitrogens with zero attached hydrogens (tertiary/aromatic N) is 1. The molecule has 0 aliphatic heterocycles. The molecule has 1 aliphatic carbocycles. The number of hydrogen-bond donors (Lipinski definition) is 1. The number of alkyl halides is 3. The average molecular weight is 572 g/mol. The zero-order chi connectivity index (χ0) is 26.8. The molecule has 38 heavy (non-hydrogen) atoms. The van der Waals surface area contributed by atoms with Crippen LogP contribution < -0.4 is 0 Å². The highest BCUT2D eigenvalue weighted by atomic mass is 35.5. The van der Waals surface area contributed by atoms with Gasteiger partial charge >= 0.3 is 12.1 Å². The van der Waals surface area contributed by atoms with Crippen molar-refractivity contribution in [3.05, 3.63) is 106 Å². The van der Waals surface area contributed by atoms with Crippen molar-refractivity contribution in [1.82, 2.24) is 4.90 Å². The Morgan fingerprint density at radius 2 is 1.92 bits per heavy atom. The quantitative estimate of drug-likeness (QED) is 0.215. The van der Waals surface area contributed by atoms with Crippen LogP contribution in [-0.2, 0) is 27.0 Å². The number of methoxy groups -OCH3 is 1. The van der Waals surface area contributed by atoms with Gasteiger partial charge in [0, 0.05) is 39.2 Å². The molecule has 0 fully saturated rings. The van der Waals surface area contributed by atoms with Crippen LogP contribution >= 0.6 is 24.0 Å². The number of carboxylic acid groups (broad SMARTS) is 1. The number of carboxylic acids is 1. The molecule has 5 nitrogen and oxygen atoms in total. The molecule has 2 aromatic rings. The first-order chi connectivity index (χ1) is 17.7. The van der Waals surface area contributed by atoms with Crippen LogP contribution in [0.4, 0.5) is 13.2 Å². The molecule has 3 rings (SSSR count). The van der Waals surface area contributed by atoms with Gasteiger partial charge in [0.25, 0.3) is 0 Å². The molecule has 0 aromatic heterocycles. The summed E-state index contributed by atoms with van der Waals surface area (Å²) in [6.07, 6.45) is 2.52. The van der Waals surface area contributed by atoms with Gasteiger partial charge in [0.1, 0.15) is 5.76 Å². The first-order valence-corrected chi connectivity index (χ1v) is 12.1. The fourth-order valence-corrected chi connectivity index (χ4v) is 4.35. The van der Waals surface area contributed by atoms with E-state index in [1.54, 1.807) is 31.4 Å². The first kappa shape index (κ1) is 31.4. The van der Waals surface area contributed by atoms with Crippen molar-refractivity contribution in [3.63, 3.8) is 0 Å². The Kier molecular flexibility index (Phi) is 12.4. The summed E-state index contributed by atoms with van der Waals surface area (Å²) in [6, 6.07) is 13.5. The third kappa shape index (κ3) is 9.51. The highest BCUT2D eigenvalue weighted by Crippen LogP contribution is 2.36. The summed E-state index contributed by atoms with van der Waals surface area (Å²) in [7, 11) is 1.60. The molecule has 10 heteroatoms. The highest BCUT2D eigenvalue weighted by molar-refractivity contribution is 6.32. The van der Waals surface area contributed by atoms with Crippen LogP contribution in [0.1, 0.15) is 35.6 Å². The van der Waals surface area contributed by atoms with Crippen LogP contribution in [0.2, 0.25) is 5.02 Å². The monoisotopic (exact) mass is 571 g/mol. The number of hydrogen-bond acceptors (Lipinski definition) is 4. The van der Waals surface area contributed by atoms with Gasteiger partial charge in [-0.25, -0.2) is 4.79 Å². The molecule has 0 bridgehead atoms. The van der Waals surface area contributed by atoms with E-state index in [1.165, 1.54) is 6.07 Å². The van der Waals surface area contributed by atoms with E-state index in [0.29, 0.717) is 49.4 Å². The van der Waals surface area contributed by atoms with Gasteiger partial charge in [-0.1, -0.05) is 66.2 Å². The van der Waals surface area contributed by atoms with E-state index in [2.05, 4.69) is 0 Å². The van der Waals surface area contributed by atoms with Crippen LogP contribution in [0.15, 0.2) is 84.2 Å². The van der Waals surface area contributed by atoms with Gasteiger partial charge in [0.15, 0.2) is 0 Å². The van der Waals surface area contributed by atoms with Gasteiger partial charge < -0.3 is 14.6 Å². The van der Waals surface area contributed by atoms with Crippen molar-refractivity contribution in [2.45, 2.75) is 31.7 Å². The normalized spacial score (nSPS) is 15.2. The average Bonchev–Trinajstić information content (AvgIpc) is 2.85. The minimum Gasteiger partial charge on any atom is -0.498 e. The Labute approximate surface area is 231 Å². The van der Waals surface area contributed by atoms with Crippen LogP contribution in [0.5, 0.6) is 0 Å². The van der Waals surface area contributed by atoms with E-state index in [-0.39, 0.29) is 30.1 Å². The molecule has 0 saturated heterocycles. The number of halogens is 5. The molecule has 1 atom stereocenters. The lowest BCUT2D eigenvalue weighted by Crippen LogP contribution is -2.31. The summed E-state index contributed by atoms with van der Waals surface area (Å²) < 4.78 is 51.7. The van der Waals surface area contributed by atoms with Gasteiger partial charge in [-0.2, -0.15) is 13.2 Å². The van der Waals surface area contributed by atoms with Gasteiger partial charge in [0.2, 0.25) is 0 Å². The number of ether oxygens (including phenoxy) is 2. The Morgan fingerprint density at radius 3 is 2.58 bits per heavy atom. The van der Waals surface area contributed by atoms with Crippen LogP contribution in [0, 0.1) is 0 Å². The zero-order valence-corrected chi connectivity index (χ0v) is 22.4. The van der Waals surface area contributed by atoms with E-state index < -0.39 is 17.7 Å². The van der Waals surface area contributed by atoms with Crippen molar-refractivity contribution >= 4 is 30.0 Å². The van der Waals surface area contributed by atoms with Crippen molar-refractivity contribution in [2.75, 3.05) is 26.8 Å². The third-order valence-electron chi connectivity index (χ3n) is 5.84. The first-order valence-electron chi connectivity index (χ1n) is 11.8. The van der Waals surface area contributed by atoms with E-state index >= 15 is 0 Å². The second-order valence-corrected chi connectivity index (χ2v) is 8.95. The number of allylic oxidation sites excluding steroid dienone is 4. The third-order valence-corrected chi connectivity index (χ3v) is 6.29. The number of benzene rings is 2. The Bertz CT molecular complexity index is 1150. The minimum atomic E-state index is -4.54. The Balaban J connectivity index is 0.00000507. The maximum atomic E-state index is 13.4. The number of aliphatic carboxylic acids is 1. The number of carbonyl (C=O) groups is 1. The van der Waals surface area contributed by atoms with Gasteiger partial charge in [-0.05, 0) is 35.3 Å². The topological polar surface area (TPSA) is 59.0 Å². The van der Waals surface area contributed by atoms with E-state index in [9.17, 15) is 18.0 Å². The molecule has 1 N–H and O–H groups in total. The van der Waals surface area contributed by atoms with Crippen molar-refractivity contribution in [3.8, 4) is 0 Å². The molecular formula is C28H30Cl2F3NO4. The molecule has 0 amide bonds. The maximum absolute atomic E-state index is 13.4. The van der Waals surface area contributed by atoms with Gasteiger partial charge in [-0.15, -0.1) is 12.4 Å². The fourth-order valence-electron chi connectivity index (χ4n) is 4.06. The second kappa shape index (κ2) is 15.0. The van der Waals surface area contributed by atoms with Gasteiger partial charge in [0.05, 0.1) is 23.3 Å². The summed E-state index contributed by atoms with van der Waals surface area (Å²) in [5, 5.41) is 8.64. The molecule has 0 saturated carbocycles. The SMILES string of the molecule is CO[C@@H](CN(CCCOC1=CC=CC(=CC(=O)O)C1)Cc1cccc(C(F)(F)F)c1Cl)c1ccccc1.Cl. The Hall–Kier alpha value is -2.78. The molecule has 206 valence electrons. The van der Waals surface area contributed by atoms with Crippen LogP contribution in [0.25, 0.3) is 0 Å². The highest BCUT2D eigenvalue weighted by Gasteiger charge is 2.34. The molecule has 0 heterocycles. The van der Waals surface area contributed by atoms with E-state index in [0.717, 1.165) is 17.7 Å². The second-order valence-electron chi connectivity index (χ2n) is 8.57. The Morgan fingerprint density at radius 1 is 1.18 bits per heavy atom. The summed E-state index contributed by atoms with van der Waals surface area (Å²) >= 11 is 6.17. The predicted octanol–water partition coefficient (Wildman–Crippen LogP) is 7.23. The largest absolute Gasteiger partial charge is 0.498 e. The lowest BCUT2D eigenvalue weighted by molar-refractivity contribution is -0.137. The van der Waals surface area contributed by atoms with Crippen molar-refractivity contribution in [2.24, 2.45) is 0 Å². The summed E-state index contributed by atoms with van der Waals surface area (Å²) in [6.45, 7) is 1.51. The number of rotatable bonds is 12.